The zero-order valence-electron chi connectivity index (χ0n) is 20.8. The van der Waals surface area contributed by atoms with Gasteiger partial charge in [-0.1, -0.05) is 35.8 Å². The van der Waals surface area contributed by atoms with Crippen molar-refractivity contribution < 1.29 is 23.8 Å². The lowest BCUT2D eigenvalue weighted by Gasteiger charge is -2.19. The third-order valence-electron chi connectivity index (χ3n) is 5.57. The van der Waals surface area contributed by atoms with Crippen molar-refractivity contribution in [2.24, 2.45) is 0 Å². The van der Waals surface area contributed by atoms with Gasteiger partial charge in [-0.25, -0.2) is 9.97 Å². The third kappa shape index (κ3) is 6.31. The molecule has 0 radical (unpaired) electrons. The van der Waals surface area contributed by atoms with Gasteiger partial charge in [-0.3, -0.25) is 14.5 Å². The Bertz CT molecular complexity index is 1300. The average Bonchev–Trinajstić information content (AvgIpc) is 2.91. The molecule has 0 saturated carbocycles. The number of nitrogens with one attached hydrogen (secondary N) is 1. The van der Waals surface area contributed by atoms with Crippen LogP contribution < -0.4 is 24.4 Å². The van der Waals surface area contributed by atoms with E-state index in [0.29, 0.717) is 52.0 Å². The second kappa shape index (κ2) is 12.4. The van der Waals surface area contributed by atoms with Crippen LogP contribution >= 0.6 is 23.2 Å². The lowest BCUT2D eigenvalue weighted by molar-refractivity contribution is -0.117. The van der Waals surface area contributed by atoms with Crippen LogP contribution in [0.2, 0.25) is 10.0 Å². The van der Waals surface area contributed by atoms with E-state index in [1.807, 2.05) is 0 Å². The van der Waals surface area contributed by atoms with E-state index in [2.05, 4.69) is 21.9 Å². The molecule has 1 heterocycles. The maximum absolute atomic E-state index is 13.2. The highest BCUT2D eigenvalue weighted by molar-refractivity contribution is 6.38. The second-order valence-corrected chi connectivity index (χ2v) is 8.50. The Kier molecular flexibility index (Phi) is 9.32. The molecule has 0 atom stereocenters. The maximum Gasteiger partial charge on any atom is 0.247 e. The van der Waals surface area contributed by atoms with E-state index in [1.54, 1.807) is 44.5 Å². The number of anilines is 2. The van der Waals surface area contributed by atoms with Crippen molar-refractivity contribution >= 4 is 46.5 Å². The number of nitrogens with zero attached hydrogens (tertiary/aromatic N) is 3. The van der Waals surface area contributed by atoms with E-state index in [0.717, 1.165) is 0 Å². The minimum absolute atomic E-state index is 0.120. The quantitative estimate of drug-likeness (QED) is 0.368. The van der Waals surface area contributed by atoms with E-state index in [1.165, 1.54) is 31.5 Å². The summed E-state index contributed by atoms with van der Waals surface area (Å²) in [7, 11) is 6.06. The molecule has 0 aliphatic rings. The van der Waals surface area contributed by atoms with E-state index in [-0.39, 0.29) is 28.3 Å². The number of carbonyl (C=O) groups excluding carboxylic acids is 2. The van der Waals surface area contributed by atoms with Crippen LogP contribution in [0, 0.1) is 0 Å². The molecular weight excluding hydrogens is 519 g/mol. The highest BCUT2D eigenvalue weighted by Gasteiger charge is 2.22. The van der Waals surface area contributed by atoms with Crippen molar-refractivity contribution in [1.29, 1.82) is 0 Å². The van der Waals surface area contributed by atoms with Gasteiger partial charge in [0.05, 0.1) is 43.5 Å². The fourth-order valence-electron chi connectivity index (χ4n) is 3.58. The molecule has 2 amide bonds. The molecule has 0 aliphatic carbocycles. The smallest absolute Gasteiger partial charge is 0.247 e. The normalized spacial score (nSPS) is 10.4. The summed E-state index contributed by atoms with van der Waals surface area (Å²) in [5.41, 5.74) is 2.25. The number of aromatic nitrogens is 2. The molecule has 11 heteroatoms. The number of benzene rings is 2. The summed E-state index contributed by atoms with van der Waals surface area (Å²) >= 11 is 12.9. The van der Waals surface area contributed by atoms with Crippen molar-refractivity contribution in [2.45, 2.75) is 12.8 Å². The van der Waals surface area contributed by atoms with Crippen molar-refractivity contribution in [3.63, 3.8) is 0 Å². The molecule has 37 heavy (non-hydrogen) atoms. The zero-order chi connectivity index (χ0) is 27.1. The Morgan fingerprint density at radius 1 is 1.00 bits per heavy atom. The predicted molar refractivity (Wildman–Crippen MR) is 143 cm³/mol. The van der Waals surface area contributed by atoms with E-state index < -0.39 is 0 Å². The Hall–Kier alpha value is -3.82. The van der Waals surface area contributed by atoms with E-state index in [9.17, 15) is 9.59 Å². The first kappa shape index (κ1) is 27.8. The molecule has 0 saturated heterocycles. The van der Waals surface area contributed by atoms with Gasteiger partial charge in [0.2, 0.25) is 11.8 Å². The van der Waals surface area contributed by atoms with E-state index in [4.69, 9.17) is 37.4 Å². The van der Waals surface area contributed by atoms with Gasteiger partial charge in [0.1, 0.15) is 29.4 Å². The Morgan fingerprint density at radius 2 is 1.65 bits per heavy atom. The monoisotopic (exact) mass is 544 g/mol. The van der Waals surface area contributed by atoms with Gasteiger partial charge in [0, 0.05) is 42.4 Å². The summed E-state index contributed by atoms with van der Waals surface area (Å²) in [4.78, 5) is 35.1. The zero-order valence-corrected chi connectivity index (χ0v) is 22.3. The van der Waals surface area contributed by atoms with Crippen LogP contribution in [0.3, 0.4) is 0 Å². The summed E-state index contributed by atoms with van der Waals surface area (Å²) in [5.74, 6) is 0.948. The van der Waals surface area contributed by atoms with Crippen molar-refractivity contribution in [1.82, 2.24) is 9.97 Å². The molecule has 3 rings (SSSR count). The number of halogens is 2. The largest absolute Gasteiger partial charge is 0.496 e. The van der Waals surface area contributed by atoms with Crippen LogP contribution in [0.4, 0.5) is 11.5 Å². The van der Waals surface area contributed by atoms with Gasteiger partial charge < -0.3 is 19.5 Å². The van der Waals surface area contributed by atoms with Crippen LogP contribution in [0.25, 0.3) is 0 Å². The van der Waals surface area contributed by atoms with Gasteiger partial charge in [-0.05, 0) is 18.2 Å². The predicted octanol–water partition coefficient (Wildman–Crippen LogP) is 4.73. The lowest BCUT2D eigenvalue weighted by Crippen LogP contribution is -2.29. The minimum Gasteiger partial charge on any atom is -0.496 e. The first-order chi connectivity index (χ1) is 17.7. The van der Waals surface area contributed by atoms with Gasteiger partial charge in [0.15, 0.2) is 0 Å². The first-order valence-corrected chi connectivity index (χ1v) is 11.7. The standard InChI is InChI=1S/C26H26Cl2N4O5/c1-6-23(33)31-18-8-7-9-19(35-3)16(18)10-15-11-22(30-14-29-15)32(2)24(34)12-17-25(27)20(36-4)13-21(37-5)26(17)28/h6-9,11,13-14H,1,10,12H2,2-5H3,(H,31,33). The average molecular weight is 545 g/mol. The first-order valence-electron chi connectivity index (χ1n) is 11.0. The number of hydrogen-bond acceptors (Lipinski definition) is 7. The fraction of sp³-hybridized carbons (Fsp3) is 0.231. The van der Waals surface area contributed by atoms with E-state index >= 15 is 0 Å². The molecule has 0 unspecified atom stereocenters. The SMILES string of the molecule is C=CC(=O)Nc1cccc(OC)c1Cc1cc(N(C)C(=O)Cc2c(Cl)c(OC)cc(OC)c2Cl)ncn1. The molecule has 194 valence electrons. The second-order valence-electron chi connectivity index (χ2n) is 7.74. The highest BCUT2D eigenvalue weighted by atomic mass is 35.5. The summed E-state index contributed by atoms with van der Waals surface area (Å²) in [6.45, 7) is 3.49. The van der Waals surface area contributed by atoms with Crippen molar-refractivity contribution in [3.05, 3.63) is 76.2 Å². The third-order valence-corrected chi connectivity index (χ3v) is 6.40. The Balaban J connectivity index is 1.88. The minimum atomic E-state index is -0.352. The van der Waals surface area contributed by atoms with Crippen LogP contribution in [0.15, 0.2) is 49.3 Å². The summed E-state index contributed by atoms with van der Waals surface area (Å²) in [6.07, 6.45) is 2.73. The summed E-state index contributed by atoms with van der Waals surface area (Å²) in [5, 5.41) is 3.23. The number of likely N-dealkylation sites (N-methyl/N-ethyl adjacent to an activating group) is 1. The molecule has 3 aromatic rings. The van der Waals surface area contributed by atoms with Crippen molar-refractivity contribution in [2.75, 3.05) is 38.6 Å². The number of rotatable bonds is 10. The molecule has 0 aliphatic heterocycles. The highest BCUT2D eigenvalue weighted by Crippen LogP contribution is 2.40. The van der Waals surface area contributed by atoms with Crippen LogP contribution in [-0.2, 0) is 22.4 Å². The van der Waals surface area contributed by atoms with Gasteiger partial charge >= 0.3 is 0 Å². The summed E-state index contributed by atoms with van der Waals surface area (Å²) in [6, 6.07) is 8.55. The number of amides is 2. The Morgan fingerprint density at radius 3 is 2.24 bits per heavy atom. The summed E-state index contributed by atoms with van der Waals surface area (Å²) < 4.78 is 16.1. The van der Waals surface area contributed by atoms with Gasteiger partial charge in [-0.15, -0.1) is 0 Å². The van der Waals surface area contributed by atoms with Crippen LogP contribution in [-0.4, -0.2) is 50.2 Å². The Labute approximate surface area is 225 Å². The van der Waals surface area contributed by atoms with Gasteiger partial charge in [0.25, 0.3) is 0 Å². The molecule has 2 aromatic carbocycles. The number of ether oxygens (including phenoxy) is 3. The van der Waals surface area contributed by atoms with Crippen molar-refractivity contribution in [3.8, 4) is 17.2 Å². The number of methoxy groups -OCH3 is 3. The molecule has 0 fully saturated rings. The molecule has 0 spiro atoms. The molecule has 0 bridgehead atoms. The van der Waals surface area contributed by atoms with Gasteiger partial charge in [-0.2, -0.15) is 0 Å². The lowest BCUT2D eigenvalue weighted by atomic mass is 10.1. The van der Waals surface area contributed by atoms with Crippen LogP contribution in [0.1, 0.15) is 16.8 Å². The molecule has 1 aromatic heterocycles. The molecule has 1 N–H and O–H groups in total. The topological polar surface area (TPSA) is 103 Å². The fourth-order valence-corrected chi connectivity index (χ4v) is 4.21. The number of carbonyl (C=O) groups is 2. The molecular formula is C26H26Cl2N4O5. The molecule has 9 nitrogen and oxygen atoms in total. The maximum atomic E-state index is 13.2. The number of hydrogen-bond donors (Lipinski definition) is 1. The van der Waals surface area contributed by atoms with Crippen LogP contribution in [0.5, 0.6) is 17.2 Å².